The molecule has 2 amide bonds. The standard InChI is InChI=1S/C43H37N5O8/c1-24-7-6-10-37-31(24)15-30-21-45-35-19-41(39(54-3)17-33(35)43(50)47(30)37)56-23-26-11-25(12-28(13-26)48(51)52)22-55-40-18-34-32(16-38(40)53-2)42(49)46-29(20-44-34)14-27-8-4-5-9-36(27)46/h4-13,16-20,29-30,45H,14-15,21-23H2,1-3H3/t29-,30?/m0/s1. The number of hydrogen-bond acceptors (Lipinski definition) is 10. The molecule has 5 aromatic carbocycles. The van der Waals surface area contributed by atoms with E-state index in [0.717, 1.165) is 28.9 Å². The van der Waals surface area contributed by atoms with Crippen LogP contribution in [0.2, 0.25) is 0 Å². The van der Waals surface area contributed by atoms with Gasteiger partial charge in [0.15, 0.2) is 23.0 Å². The summed E-state index contributed by atoms with van der Waals surface area (Å²) in [5, 5.41) is 15.5. The van der Waals surface area contributed by atoms with Gasteiger partial charge >= 0.3 is 0 Å². The van der Waals surface area contributed by atoms with E-state index < -0.39 is 4.92 Å². The van der Waals surface area contributed by atoms with Gasteiger partial charge in [-0.25, -0.2) is 0 Å². The van der Waals surface area contributed by atoms with Crippen molar-refractivity contribution in [2.24, 2.45) is 4.99 Å². The van der Waals surface area contributed by atoms with Crippen LogP contribution in [0.15, 0.2) is 89.9 Å². The molecular weight excluding hydrogens is 714 g/mol. The number of carbonyl (C=O) groups excluding carboxylic acids is 2. The van der Waals surface area contributed by atoms with E-state index in [-0.39, 0.29) is 42.8 Å². The molecule has 56 heavy (non-hydrogen) atoms. The average molecular weight is 752 g/mol. The molecule has 4 aliphatic rings. The molecule has 0 saturated heterocycles. The highest BCUT2D eigenvalue weighted by Gasteiger charge is 2.39. The van der Waals surface area contributed by atoms with E-state index in [1.807, 2.05) is 41.3 Å². The second-order valence-corrected chi connectivity index (χ2v) is 14.3. The number of nitro benzene ring substituents is 1. The Hall–Kier alpha value is -6.89. The van der Waals surface area contributed by atoms with Gasteiger partial charge in [0.25, 0.3) is 17.5 Å². The molecule has 13 nitrogen and oxygen atoms in total. The minimum atomic E-state index is -0.467. The van der Waals surface area contributed by atoms with Crippen LogP contribution < -0.4 is 34.1 Å². The van der Waals surface area contributed by atoms with Crippen molar-refractivity contribution in [1.82, 2.24) is 0 Å². The molecule has 0 aliphatic carbocycles. The monoisotopic (exact) mass is 751 g/mol. The fourth-order valence-electron chi connectivity index (χ4n) is 8.18. The molecule has 282 valence electrons. The molecule has 13 heteroatoms. The molecule has 0 radical (unpaired) electrons. The van der Waals surface area contributed by atoms with Crippen LogP contribution in [0.5, 0.6) is 23.0 Å². The largest absolute Gasteiger partial charge is 0.493 e. The summed E-state index contributed by atoms with van der Waals surface area (Å²) < 4.78 is 23.7. The summed E-state index contributed by atoms with van der Waals surface area (Å²) in [7, 11) is 2.99. The van der Waals surface area contributed by atoms with E-state index in [9.17, 15) is 19.7 Å². The third-order valence-electron chi connectivity index (χ3n) is 10.9. The maximum Gasteiger partial charge on any atom is 0.270 e. The van der Waals surface area contributed by atoms with Gasteiger partial charge in [0.1, 0.15) is 13.2 Å². The lowest BCUT2D eigenvalue weighted by atomic mass is 10.0. The lowest BCUT2D eigenvalue weighted by Crippen LogP contribution is -2.39. The topological polar surface area (TPSA) is 145 Å². The van der Waals surface area contributed by atoms with Crippen molar-refractivity contribution in [3.05, 3.63) is 134 Å². The van der Waals surface area contributed by atoms with E-state index in [4.69, 9.17) is 18.9 Å². The quantitative estimate of drug-likeness (QED) is 0.121. The van der Waals surface area contributed by atoms with Crippen molar-refractivity contribution < 1.29 is 33.5 Å². The number of nitrogens with one attached hydrogen (secondary N) is 1. The van der Waals surface area contributed by atoms with E-state index in [2.05, 4.69) is 23.3 Å². The summed E-state index contributed by atoms with van der Waals surface area (Å²) in [5.41, 5.74) is 8.03. The Kier molecular flexibility index (Phi) is 8.56. The minimum absolute atomic E-state index is 0.0288. The molecule has 0 spiro atoms. The van der Waals surface area contributed by atoms with Crippen molar-refractivity contribution in [3.8, 4) is 23.0 Å². The van der Waals surface area contributed by atoms with Crippen LogP contribution in [0.4, 0.5) is 28.4 Å². The number of nitro groups is 1. The van der Waals surface area contributed by atoms with Crippen LogP contribution in [-0.2, 0) is 26.1 Å². The Morgan fingerprint density at radius 3 is 2.20 bits per heavy atom. The highest BCUT2D eigenvalue weighted by atomic mass is 16.6. The number of anilines is 3. The lowest BCUT2D eigenvalue weighted by molar-refractivity contribution is -0.385. The fourth-order valence-corrected chi connectivity index (χ4v) is 8.18. The number of hydrogen-bond donors (Lipinski definition) is 1. The number of carbonyl (C=O) groups is 2. The normalized spacial score (nSPS) is 17.3. The molecular formula is C43H37N5O8. The molecule has 1 N–H and O–H groups in total. The Morgan fingerprint density at radius 2 is 1.46 bits per heavy atom. The highest BCUT2D eigenvalue weighted by Crippen LogP contribution is 2.43. The van der Waals surface area contributed by atoms with Crippen LogP contribution in [0.3, 0.4) is 0 Å². The van der Waals surface area contributed by atoms with Crippen molar-refractivity contribution in [2.45, 2.75) is 45.1 Å². The molecule has 0 fully saturated rings. The van der Waals surface area contributed by atoms with Crippen molar-refractivity contribution in [1.29, 1.82) is 0 Å². The summed E-state index contributed by atoms with van der Waals surface area (Å²) in [6.45, 7) is 2.55. The summed E-state index contributed by atoms with van der Waals surface area (Å²) in [6.07, 6.45) is 3.21. The molecule has 0 aromatic heterocycles. The number of aliphatic imine (C=N–C) groups is 1. The number of aryl methyl sites for hydroxylation is 1. The third-order valence-corrected chi connectivity index (χ3v) is 10.9. The number of para-hydroxylation sites is 1. The van der Waals surface area contributed by atoms with Crippen LogP contribution in [0.1, 0.15) is 48.5 Å². The average Bonchev–Trinajstić information content (AvgIpc) is 3.70. The number of ether oxygens (including phenoxy) is 4. The van der Waals surface area contributed by atoms with Gasteiger partial charge in [-0.15, -0.1) is 0 Å². The molecule has 5 aromatic rings. The third kappa shape index (κ3) is 5.92. The SMILES string of the molecule is COc1cc2c(cc1OCc1cc(COc3cc4c(cc3OC)C(=O)N3c5cccc(C)c5CC3CN4)cc([N+](=O)[O-])c1)N=C[C@@H]1Cc3ccccc3N1C2=O. The van der Waals surface area contributed by atoms with E-state index in [1.165, 1.54) is 31.9 Å². The van der Waals surface area contributed by atoms with Gasteiger partial charge in [-0.05, 0) is 71.5 Å². The van der Waals surface area contributed by atoms with E-state index in [1.54, 1.807) is 41.4 Å². The number of benzene rings is 5. The number of rotatable bonds is 9. The molecule has 9 rings (SSSR count). The predicted molar refractivity (Wildman–Crippen MR) is 211 cm³/mol. The Labute approximate surface area is 322 Å². The Bertz CT molecular complexity index is 2500. The maximum absolute atomic E-state index is 14.0. The number of fused-ring (bicyclic) bond motifs is 8. The van der Waals surface area contributed by atoms with E-state index >= 15 is 0 Å². The van der Waals surface area contributed by atoms with Crippen LogP contribution in [0.25, 0.3) is 0 Å². The summed E-state index contributed by atoms with van der Waals surface area (Å²) in [5.74, 6) is 1.09. The highest BCUT2D eigenvalue weighted by molar-refractivity contribution is 6.15. The predicted octanol–water partition coefficient (Wildman–Crippen LogP) is 7.36. The Balaban J connectivity index is 0.946. The summed E-state index contributed by atoms with van der Waals surface area (Å²) in [6, 6.07) is 25.0. The van der Waals surface area contributed by atoms with Gasteiger partial charge in [0, 0.05) is 54.8 Å². The molecule has 0 saturated carbocycles. The molecule has 4 aliphatic heterocycles. The zero-order valence-corrected chi connectivity index (χ0v) is 30.9. The van der Waals surface area contributed by atoms with Crippen LogP contribution in [-0.4, -0.2) is 55.8 Å². The zero-order chi connectivity index (χ0) is 38.7. The first-order valence-corrected chi connectivity index (χ1v) is 18.3. The number of methoxy groups -OCH3 is 2. The zero-order valence-electron chi connectivity index (χ0n) is 30.9. The first kappa shape index (κ1) is 34.9. The first-order chi connectivity index (χ1) is 27.2. The minimum Gasteiger partial charge on any atom is -0.493 e. The lowest BCUT2D eigenvalue weighted by Gasteiger charge is -2.23. The number of non-ortho nitro benzene ring substituents is 1. The number of nitrogens with zero attached hydrogens (tertiary/aromatic N) is 4. The van der Waals surface area contributed by atoms with Crippen LogP contribution in [0, 0.1) is 17.0 Å². The summed E-state index contributed by atoms with van der Waals surface area (Å²) >= 11 is 0. The van der Waals surface area contributed by atoms with Gasteiger partial charge in [-0.2, -0.15) is 0 Å². The maximum atomic E-state index is 14.0. The van der Waals surface area contributed by atoms with Crippen molar-refractivity contribution in [2.75, 3.05) is 35.9 Å². The van der Waals surface area contributed by atoms with Gasteiger partial charge in [-0.3, -0.25) is 29.6 Å². The molecule has 2 atom stereocenters. The van der Waals surface area contributed by atoms with Crippen molar-refractivity contribution >= 4 is 46.5 Å². The molecule has 4 heterocycles. The van der Waals surface area contributed by atoms with Gasteiger partial charge < -0.3 is 29.2 Å². The first-order valence-electron chi connectivity index (χ1n) is 18.3. The van der Waals surface area contributed by atoms with Gasteiger partial charge in [-0.1, -0.05) is 30.3 Å². The smallest absolute Gasteiger partial charge is 0.270 e. The number of amides is 2. The molecule has 1 unspecified atom stereocenters. The van der Waals surface area contributed by atoms with Gasteiger partial charge in [0.05, 0.1) is 53.7 Å². The van der Waals surface area contributed by atoms with E-state index in [0.29, 0.717) is 69.6 Å². The Morgan fingerprint density at radius 1 is 0.786 bits per heavy atom. The van der Waals surface area contributed by atoms with Crippen molar-refractivity contribution in [3.63, 3.8) is 0 Å². The van der Waals surface area contributed by atoms with Crippen LogP contribution >= 0.6 is 0 Å². The molecule has 0 bridgehead atoms. The second-order valence-electron chi connectivity index (χ2n) is 14.3. The van der Waals surface area contributed by atoms with Gasteiger partial charge in [0.2, 0.25) is 0 Å². The summed E-state index contributed by atoms with van der Waals surface area (Å²) in [4.78, 5) is 47.6. The second kappa shape index (κ2) is 13.8. The fraction of sp³-hybridized carbons (Fsp3) is 0.233.